The third-order valence-electron chi connectivity index (χ3n) is 12.7. The van der Waals surface area contributed by atoms with Crippen molar-refractivity contribution in [2.45, 2.75) is 262 Å². The Hall–Kier alpha value is -3.16. The van der Waals surface area contributed by atoms with E-state index in [1.807, 2.05) is 42.5 Å². The summed E-state index contributed by atoms with van der Waals surface area (Å²) in [4.78, 5) is 26.4. The molecule has 6 N–H and O–H groups in total. The zero-order chi connectivity index (χ0) is 51.1. The fraction of sp³-hybridized carbons (Fsp3) is 0.729. The highest BCUT2D eigenvalue weighted by atomic mass is 16.7. The van der Waals surface area contributed by atoms with Crippen LogP contribution < -0.4 is 5.32 Å². The van der Waals surface area contributed by atoms with E-state index in [2.05, 4.69) is 62.5 Å². The first-order valence-electron chi connectivity index (χ1n) is 27.9. The predicted octanol–water partition coefficient (Wildman–Crippen LogP) is 12.2. The summed E-state index contributed by atoms with van der Waals surface area (Å²) in [5.41, 5.74) is 0. The number of hydrogen-bond donors (Lipinski definition) is 6. The number of esters is 1. The topological polar surface area (TPSA) is 175 Å². The number of hydrogen-bond acceptors (Lipinski definition) is 10. The van der Waals surface area contributed by atoms with Crippen LogP contribution >= 0.6 is 0 Å². The Morgan fingerprint density at radius 3 is 1.59 bits per heavy atom. The van der Waals surface area contributed by atoms with E-state index in [1.54, 1.807) is 6.08 Å². The maximum atomic E-state index is 13.3. The molecule has 0 aromatic rings. The molecule has 0 spiro atoms. The van der Waals surface area contributed by atoms with E-state index >= 15 is 0 Å². The molecule has 11 nitrogen and oxygen atoms in total. The summed E-state index contributed by atoms with van der Waals surface area (Å²) in [6, 6.07) is -1.04. The molecule has 1 amide bonds. The van der Waals surface area contributed by atoms with Gasteiger partial charge in [0.25, 0.3) is 0 Å². The Labute approximate surface area is 425 Å². The molecule has 0 bridgehead atoms. The number of carbonyl (C=O) groups is 2. The summed E-state index contributed by atoms with van der Waals surface area (Å²) >= 11 is 0. The van der Waals surface area contributed by atoms with Gasteiger partial charge in [-0.2, -0.15) is 0 Å². The van der Waals surface area contributed by atoms with Crippen LogP contribution in [0.4, 0.5) is 0 Å². The lowest BCUT2D eigenvalue weighted by Crippen LogP contribution is -2.61. The summed E-state index contributed by atoms with van der Waals surface area (Å²) < 4.78 is 17.5. The highest BCUT2D eigenvalue weighted by molar-refractivity contribution is 5.80. The second kappa shape index (κ2) is 46.9. The lowest BCUT2D eigenvalue weighted by molar-refractivity contribution is -0.305. The minimum absolute atomic E-state index is 0.103. The molecule has 0 aliphatic carbocycles. The monoisotopic (exact) mass is 984 g/mol. The predicted molar refractivity (Wildman–Crippen MR) is 287 cm³/mol. The third-order valence-corrected chi connectivity index (χ3v) is 12.7. The van der Waals surface area contributed by atoms with Crippen molar-refractivity contribution in [2.75, 3.05) is 13.2 Å². The minimum atomic E-state index is -1.63. The fourth-order valence-corrected chi connectivity index (χ4v) is 8.18. The highest BCUT2D eigenvalue weighted by Crippen LogP contribution is 2.26. The van der Waals surface area contributed by atoms with Crippen molar-refractivity contribution < 1.29 is 49.3 Å². The van der Waals surface area contributed by atoms with Crippen LogP contribution in [0.5, 0.6) is 0 Å². The molecule has 402 valence electrons. The first-order chi connectivity index (χ1) is 34.2. The average Bonchev–Trinajstić information content (AvgIpc) is 3.36. The van der Waals surface area contributed by atoms with Gasteiger partial charge in [0, 0.05) is 6.42 Å². The van der Waals surface area contributed by atoms with Crippen LogP contribution in [0, 0.1) is 0 Å². The smallest absolute Gasteiger partial charge is 0.306 e. The van der Waals surface area contributed by atoms with Crippen LogP contribution in [0.3, 0.4) is 0 Å². The number of aliphatic hydroxyl groups is 5. The zero-order valence-electron chi connectivity index (χ0n) is 44.1. The van der Waals surface area contributed by atoms with E-state index in [1.165, 1.54) is 64.2 Å². The van der Waals surface area contributed by atoms with Gasteiger partial charge in [-0.25, -0.2) is 0 Å². The second-order valence-electron chi connectivity index (χ2n) is 19.1. The number of amides is 1. The number of aliphatic hydroxyl groups excluding tert-OH is 5. The van der Waals surface area contributed by atoms with Gasteiger partial charge in [0.15, 0.2) is 12.4 Å². The first kappa shape index (κ1) is 64.9. The minimum Gasteiger partial charge on any atom is -0.454 e. The van der Waals surface area contributed by atoms with Gasteiger partial charge in [0.2, 0.25) is 5.91 Å². The summed E-state index contributed by atoms with van der Waals surface area (Å²) in [6.07, 6.45) is 49.1. The largest absolute Gasteiger partial charge is 0.454 e. The summed E-state index contributed by atoms with van der Waals surface area (Å²) in [5.74, 6) is -1.24. The van der Waals surface area contributed by atoms with Crippen molar-refractivity contribution >= 4 is 11.9 Å². The first-order valence-corrected chi connectivity index (χ1v) is 27.9. The number of allylic oxidation sites excluding steroid dienone is 13. The Morgan fingerprint density at radius 1 is 0.571 bits per heavy atom. The van der Waals surface area contributed by atoms with E-state index in [0.29, 0.717) is 12.8 Å². The van der Waals surface area contributed by atoms with Crippen LogP contribution in [0.25, 0.3) is 0 Å². The summed E-state index contributed by atoms with van der Waals surface area (Å²) in [5, 5.41) is 56.7. The normalized spacial score (nSPS) is 20.4. The molecule has 0 radical (unpaired) electrons. The Balaban J connectivity index is 2.78. The quantitative estimate of drug-likeness (QED) is 0.0149. The zero-order valence-corrected chi connectivity index (χ0v) is 44.1. The van der Waals surface area contributed by atoms with Crippen LogP contribution in [0.2, 0.25) is 0 Å². The molecule has 0 aromatic heterocycles. The maximum Gasteiger partial charge on any atom is 0.306 e. The van der Waals surface area contributed by atoms with Gasteiger partial charge in [-0.1, -0.05) is 221 Å². The van der Waals surface area contributed by atoms with Crippen molar-refractivity contribution in [3.05, 3.63) is 85.1 Å². The summed E-state index contributed by atoms with van der Waals surface area (Å²) in [7, 11) is 0. The number of ether oxygens (including phenoxy) is 3. The van der Waals surface area contributed by atoms with Crippen LogP contribution in [0.15, 0.2) is 85.1 Å². The van der Waals surface area contributed by atoms with Crippen LogP contribution in [0.1, 0.15) is 213 Å². The van der Waals surface area contributed by atoms with Gasteiger partial charge < -0.3 is 45.1 Å². The number of carbonyl (C=O) groups excluding carboxylic acids is 2. The SMILES string of the molecule is CC/C=C/C=C/C=C/C=C\CCCCCCC(O)C(=O)NC(COC1OC(CO)C(O)C(O)C1OC(=O)CCCCCCCC/C=C/C=C/CCCCC)C(O)/C=C/CCCCCCCCCCCC. The van der Waals surface area contributed by atoms with Gasteiger partial charge in [0.1, 0.15) is 24.4 Å². The molecule has 8 unspecified atom stereocenters. The highest BCUT2D eigenvalue weighted by Gasteiger charge is 2.47. The number of unbranched alkanes of at least 4 members (excludes halogenated alkanes) is 23. The molecule has 1 aliphatic heterocycles. The molecule has 1 saturated heterocycles. The molecule has 8 atom stereocenters. The third kappa shape index (κ3) is 35.0. The van der Waals surface area contributed by atoms with Gasteiger partial charge in [-0.15, -0.1) is 0 Å². The Morgan fingerprint density at radius 2 is 1.03 bits per heavy atom. The van der Waals surface area contributed by atoms with Crippen molar-refractivity contribution in [1.82, 2.24) is 5.32 Å². The average molecular weight is 984 g/mol. The molecule has 1 aliphatic rings. The van der Waals surface area contributed by atoms with Gasteiger partial charge >= 0.3 is 5.97 Å². The van der Waals surface area contributed by atoms with E-state index < -0.39 is 67.4 Å². The molecular formula is C59H101NO10. The standard InChI is InChI=1S/C59H101NO10/c1-4-7-10-13-16-19-22-25-27-29-32-35-38-41-44-47-54(64)70-57-56(66)55(65)53(48-61)69-59(57)68-49-50(51(62)45-42-39-36-33-30-24-21-18-15-12-9-6-3)60-58(67)52(63)46-43-40-37-34-31-28-26-23-20-17-14-11-8-5-2/h8,11,14,16-17,19-20,22-23,25-26,28,42,45,50-53,55-57,59,61-63,65-66H,4-7,9-10,12-13,15,18,21,24,27,29-41,43-44,46-49H2,1-3H3,(H,60,67)/b11-8+,17-14+,19-16+,23-20+,25-22+,28-26-,45-42+. The van der Waals surface area contributed by atoms with Crippen molar-refractivity contribution in [1.29, 1.82) is 0 Å². The lowest BCUT2D eigenvalue weighted by Gasteiger charge is -2.41. The van der Waals surface area contributed by atoms with Crippen molar-refractivity contribution in [2.24, 2.45) is 0 Å². The molecule has 1 heterocycles. The van der Waals surface area contributed by atoms with Gasteiger partial charge in [-0.05, 0) is 70.6 Å². The maximum absolute atomic E-state index is 13.3. The molecule has 1 rings (SSSR count). The van der Waals surface area contributed by atoms with Gasteiger partial charge in [-0.3, -0.25) is 9.59 Å². The molecule has 0 aromatic carbocycles. The number of rotatable bonds is 45. The van der Waals surface area contributed by atoms with Crippen LogP contribution in [-0.2, 0) is 23.8 Å². The van der Waals surface area contributed by atoms with Crippen molar-refractivity contribution in [3.63, 3.8) is 0 Å². The molecule has 0 saturated carbocycles. The lowest BCUT2D eigenvalue weighted by atomic mass is 9.99. The molecule has 1 fully saturated rings. The Bertz CT molecular complexity index is 1460. The number of nitrogens with one attached hydrogen (secondary N) is 1. The van der Waals surface area contributed by atoms with Gasteiger partial charge in [0.05, 0.1) is 25.4 Å². The van der Waals surface area contributed by atoms with Crippen molar-refractivity contribution in [3.8, 4) is 0 Å². The second-order valence-corrected chi connectivity index (χ2v) is 19.1. The molecule has 11 heteroatoms. The van der Waals surface area contributed by atoms with E-state index in [-0.39, 0.29) is 19.4 Å². The molecular weight excluding hydrogens is 883 g/mol. The fourth-order valence-electron chi connectivity index (χ4n) is 8.18. The summed E-state index contributed by atoms with van der Waals surface area (Å²) in [6.45, 7) is 5.57. The van der Waals surface area contributed by atoms with E-state index in [0.717, 1.165) is 103 Å². The molecule has 70 heavy (non-hydrogen) atoms. The van der Waals surface area contributed by atoms with Crippen LogP contribution in [-0.4, -0.2) is 99.6 Å². The van der Waals surface area contributed by atoms with E-state index in [9.17, 15) is 35.1 Å². The Kier molecular flexibility index (Phi) is 43.4. The van der Waals surface area contributed by atoms with E-state index in [4.69, 9.17) is 14.2 Å².